The largest absolute Gasteiger partial charge is 0.334 e. The number of nitrogens with zero attached hydrogens (tertiary/aromatic N) is 3. The van der Waals surface area contributed by atoms with Gasteiger partial charge < -0.3 is 4.57 Å². The Kier molecular flexibility index (Phi) is 2.29. The van der Waals surface area contributed by atoms with Crippen LogP contribution >= 0.6 is 27.3 Å². The van der Waals surface area contributed by atoms with Gasteiger partial charge in [-0.1, -0.05) is 0 Å². The van der Waals surface area contributed by atoms with Crippen LogP contribution in [0.5, 0.6) is 0 Å². The summed E-state index contributed by atoms with van der Waals surface area (Å²) in [5.41, 5.74) is 3.26. The molecular formula is C11H8BrN3S. The third-order valence-corrected chi connectivity index (χ3v) is 4.05. The highest BCUT2D eigenvalue weighted by molar-refractivity contribution is 9.10. The van der Waals surface area contributed by atoms with Gasteiger partial charge in [-0.2, -0.15) is 0 Å². The van der Waals surface area contributed by atoms with Crippen LogP contribution in [0.3, 0.4) is 0 Å². The molecule has 0 spiro atoms. The van der Waals surface area contributed by atoms with Gasteiger partial charge in [0.1, 0.15) is 9.61 Å². The average Bonchev–Trinajstić information content (AvgIpc) is 2.86. The van der Waals surface area contributed by atoms with Gasteiger partial charge in [0.15, 0.2) is 0 Å². The Labute approximate surface area is 105 Å². The van der Waals surface area contributed by atoms with Gasteiger partial charge in [-0.3, -0.25) is 0 Å². The molecule has 0 atom stereocenters. The van der Waals surface area contributed by atoms with E-state index in [1.165, 1.54) is 0 Å². The number of aryl methyl sites for hydroxylation is 1. The minimum Gasteiger partial charge on any atom is -0.334 e. The van der Waals surface area contributed by atoms with E-state index in [4.69, 9.17) is 0 Å². The van der Waals surface area contributed by atoms with E-state index in [2.05, 4.69) is 44.1 Å². The van der Waals surface area contributed by atoms with Gasteiger partial charge in [-0.25, -0.2) is 9.97 Å². The second kappa shape index (κ2) is 3.68. The third kappa shape index (κ3) is 1.56. The van der Waals surface area contributed by atoms with E-state index in [-0.39, 0.29) is 0 Å². The summed E-state index contributed by atoms with van der Waals surface area (Å²) >= 11 is 4.99. The molecule has 3 rings (SSSR count). The van der Waals surface area contributed by atoms with E-state index in [1.54, 1.807) is 11.3 Å². The third-order valence-electron chi connectivity index (χ3n) is 2.45. The zero-order valence-electron chi connectivity index (χ0n) is 8.51. The van der Waals surface area contributed by atoms with E-state index in [1.807, 2.05) is 23.3 Å². The fraction of sp³-hybridized carbons (Fsp3) is 0.0909. The fourth-order valence-corrected chi connectivity index (χ4v) is 2.91. The lowest BCUT2D eigenvalue weighted by Crippen LogP contribution is -1.83. The number of hydrogen-bond donors (Lipinski definition) is 0. The summed E-state index contributed by atoms with van der Waals surface area (Å²) in [6, 6.07) is 6.23. The van der Waals surface area contributed by atoms with Crippen molar-refractivity contribution in [2.24, 2.45) is 7.05 Å². The van der Waals surface area contributed by atoms with Crippen LogP contribution in [0.1, 0.15) is 0 Å². The summed E-state index contributed by atoms with van der Waals surface area (Å²) < 4.78 is 2.89. The molecule has 0 unspecified atom stereocenters. The summed E-state index contributed by atoms with van der Waals surface area (Å²) in [7, 11) is 2.00. The SMILES string of the molecule is Cn1cnc2cc(-c3nc(Br)cs3)ccc21. The van der Waals surface area contributed by atoms with E-state index in [0.29, 0.717) is 0 Å². The van der Waals surface area contributed by atoms with Crippen molar-refractivity contribution in [2.75, 3.05) is 0 Å². The number of imidazole rings is 1. The first-order valence-electron chi connectivity index (χ1n) is 4.76. The molecule has 0 aliphatic rings. The molecule has 2 aromatic heterocycles. The van der Waals surface area contributed by atoms with Crippen molar-refractivity contribution in [2.45, 2.75) is 0 Å². The van der Waals surface area contributed by atoms with Crippen LogP contribution in [0.15, 0.2) is 34.5 Å². The quantitative estimate of drug-likeness (QED) is 0.688. The van der Waals surface area contributed by atoms with Gasteiger partial charge in [-0.15, -0.1) is 11.3 Å². The first-order chi connectivity index (χ1) is 7.74. The number of rotatable bonds is 1. The highest BCUT2D eigenvalue weighted by Gasteiger charge is 2.06. The first-order valence-corrected chi connectivity index (χ1v) is 6.44. The lowest BCUT2D eigenvalue weighted by atomic mass is 10.2. The summed E-state index contributed by atoms with van der Waals surface area (Å²) in [6.45, 7) is 0. The molecule has 0 fully saturated rings. The number of fused-ring (bicyclic) bond motifs is 1. The van der Waals surface area contributed by atoms with Crippen molar-refractivity contribution in [3.05, 3.63) is 34.5 Å². The van der Waals surface area contributed by atoms with Crippen LogP contribution < -0.4 is 0 Å². The van der Waals surface area contributed by atoms with Gasteiger partial charge in [0.25, 0.3) is 0 Å². The highest BCUT2D eigenvalue weighted by Crippen LogP contribution is 2.28. The van der Waals surface area contributed by atoms with E-state index in [9.17, 15) is 0 Å². The number of halogens is 1. The van der Waals surface area contributed by atoms with Gasteiger partial charge in [-0.05, 0) is 34.1 Å². The van der Waals surface area contributed by atoms with Gasteiger partial charge >= 0.3 is 0 Å². The van der Waals surface area contributed by atoms with Crippen LogP contribution in [0.25, 0.3) is 21.6 Å². The van der Waals surface area contributed by atoms with E-state index < -0.39 is 0 Å². The summed E-state index contributed by atoms with van der Waals surface area (Å²) in [6.07, 6.45) is 1.83. The molecule has 0 saturated carbocycles. The summed E-state index contributed by atoms with van der Waals surface area (Å²) in [4.78, 5) is 8.73. The standard InChI is InChI=1S/C11H8BrN3S/c1-15-6-13-8-4-7(2-3-9(8)15)11-14-10(12)5-16-11/h2-6H,1H3. The molecule has 0 amide bonds. The Balaban J connectivity index is 2.18. The number of thiazole rings is 1. The molecule has 1 aromatic carbocycles. The fourth-order valence-electron chi connectivity index (χ4n) is 1.66. The Hall–Kier alpha value is -1.20. The summed E-state index contributed by atoms with van der Waals surface area (Å²) in [5.74, 6) is 0. The van der Waals surface area contributed by atoms with Crippen molar-refractivity contribution < 1.29 is 0 Å². The molecule has 16 heavy (non-hydrogen) atoms. The molecule has 0 bridgehead atoms. The van der Waals surface area contributed by atoms with Crippen LogP contribution in [0.4, 0.5) is 0 Å². The second-order valence-electron chi connectivity index (χ2n) is 3.53. The van der Waals surface area contributed by atoms with Crippen LogP contribution in [-0.4, -0.2) is 14.5 Å². The maximum Gasteiger partial charge on any atom is 0.124 e. The number of benzene rings is 1. The molecule has 3 nitrogen and oxygen atoms in total. The Bertz CT molecular complexity index is 656. The zero-order valence-corrected chi connectivity index (χ0v) is 10.9. The smallest absolute Gasteiger partial charge is 0.124 e. The van der Waals surface area contributed by atoms with Crippen molar-refractivity contribution in [1.82, 2.24) is 14.5 Å². The highest BCUT2D eigenvalue weighted by atomic mass is 79.9. The minimum atomic E-state index is 0.883. The Morgan fingerprint density at radius 3 is 3.00 bits per heavy atom. The Morgan fingerprint density at radius 2 is 2.25 bits per heavy atom. The van der Waals surface area contributed by atoms with Crippen molar-refractivity contribution >= 4 is 38.3 Å². The molecule has 0 N–H and O–H groups in total. The average molecular weight is 294 g/mol. The number of hydrogen-bond acceptors (Lipinski definition) is 3. The molecule has 0 saturated heterocycles. The van der Waals surface area contributed by atoms with Crippen LogP contribution in [0, 0.1) is 0 Å². The normalized spacial score (nSPS) is 11.1. The molecule has 5 heteroatoms. The maximum absolute atomic E-state index is 4.40. The van der Waals surface area contributed by atoms with Gasteiger partial charge in [0.2, 0.25) is 0 Å². The van der Waals surface area contributed by atoms with Gasteiger partial charge in [0, 0.05) is 18.0 Å². The molecule has 2 heterocycles. The predicted octanol–water partition coefficient (Wildman–Crippen LogP) is 3.46. The molecule has 0 radical (unpaired) electrons. The molecular weight excluding hydrogens is 286 g/mol. The van der Waals surface area contributed by atoms with Crippen LogP contribution in [0.2, 0.25) is 0 Å². The molecule has 3 aromatic rings. The minimum absolute atomic E-state index is 0.883. The topological polar surface area (TPSA) is 30.7 Å². The Morgan fingerprint density at radius 1 is 1.38 bits per heavy atom. The van der Waals surface area contributed by atoms with Crippen molar-refractivity contribution in [1.29, 1.82) is 0 Å². The lowest BCUT2D eigenvalue weighted by molar-refractivity contribution is 0.948. The molecule has 80 valence electrons. The number of aromatic nitrogens is 3. The second-order valence-corrected chi connectivity index (χ2v) is 5.20. The molecule has 0 aliphatic carbocycles. The maximum atomic E-state index is 4.40. The zero-order chi connectivity index (χ0) is 11.1. The van der Waals surface area contributed by atoms with Crippen molar-refractivity contribution in [3.8, 4) is 10.6 Å². The van der Waals surface area contributed by atoms with Crippen molar-refractivity contribution in [3.63, 3.8) is 0 Å². The first kappa shape index (κ1) is 9.99. The summed E-state index contributed by atoms with van der Waals surface area (Å²) in [5, 5.41) is 3.00. The van der Waals surface area contributed by atoms with Crippen LogP contribution in [-0.2, 0) is 7.05 Å². The lowest BCUT2D eigenvalue weighted by Gasteiger charge is -1.97. The monoisotopic (exact) mass is 293 g/mol. The molecule has 0 aliphatic heterocycles. The predicted molar refractivity (Wildman–Crippen MR) is 69.5 cm³/mol. The van der Waals surface area contributed by atoms with Gasteiger partial charge in [0.05, 0.1) is 17.4 Å². The van der Waals surface area contributed by atoms with E-state index >= 15 is 0 Å². The van der Waals surface area contributed by atoms with E-state index in [0.717, 1.165) is 26.2 Å².